The van der Waals surface area contributed by atoms with Crippen LogP contribution in [0.2, 0.25) is 0 Å². The minimum atomic E-state index is -0.506. The molecule has 1 aliphatic rings. The van der Waals surface area contributed by atoms with E-state index in [1.54, 1.807) is 12.1 Å². The molecule has 5 rings (SSSR count). The Morgan fingerprint density at radius 3 is 2.89 bits per heavy atom. The number of likely N-dealkylation sites (tertiary alicyclic amines) is 1. The summed E-state index contributed by atoms with van der Waals surface area (Å²) in [5.41, 5.74) is 2.35. The zero-order chi connectivity index (χ0) is 25.1. The zero-order valence-corrected chi connectivity index (χ0v) is 20.6. The van der Waals surface area contributed by atoms with Gasteiger partial charge in [-0.1, -0.05) is 25.1 Å². The first-order valence-electron chi connectivity index (χ1n) is 12.6. The number of oxazole rings is 1. The summed E-state index contributed by atoms with van der Waals surface area (Å²) in [7, 11) is 0. The fraction of sp³-hybridized carbons (Fsp3) is 0.423. The molecule has 10 heteroatoms. The van der Waals surface area contributed by atoms with Crippen LogP contribution in [0.1, 0.15) is 51.4 Å². The van der Waals surface area contributed by atoms with Crippen LogP contribution in [-0.2, 0) is 0 Å². The largest absolute Gasteiger partial charge is 0.424 e. The molecule has 0 radical (unpaired) electrons. The molecule has 3 atom stereocenters. The molecule has 2 aromatic heterocycles. The number of rotatable bonds is 8. The minimum absolute atomic E-state index is 0.115. The molecule has 1 aliphatic heterocycles. The summed E-state index contributed by atoms with van der Waals surface area (Å²) in [4.78, 5) is 27.3. The van der Waals surface area contributed by atoms with E-state index in [2.05, 4.69) is 37.8 Å². The Kier molecular flexibility index (Phi) is 7.04. The Labute approximate surface area is 208 Å². The molecule has 0 spiro atoms. The number of hydrogen-bond acceptors (Lipinski definition) is 6. The summed E-state index contributed by atoms with van der Waals surface area (Å²) >= 11 is 0. The van der Waals surface area contributed by atoms with E-state index in [-0.39, 0.29) is 23.9 Å². The number of fused-ring (bicyclic) bond motifs is 2. The van der Waals surface area contributed by atoms with Gasteiger partial charge >= 0.3 is 6.03 Å². The summed E-state index contributed by atoms with van der Waals surface area (Å²) in [6.07, 6.45) is 3.59. The molecule has 0 unspecified atom stereocenters. The Hall–Kier alpha value is -3.66. The Balaban J connectivity index is 1.31. The van der Waals surface area contributed by atoms with Crippen molar-refractivity contribution in [2.45, 2.75) is 57.8 Å². The number of imidazole rings is 1. The van der Waals surface area contributed by atoms with Crippen LogP contribution in [-0.4, -0.2) is 51.2 Å². The van der Waals surface area contributed by atoms with E-state index >= 15 is 0 Å². The molecule has 2 amide bonds. The van der Waals surface area contributed by atoms with E-state index in [9.17, 15) is 9.18 Å². The van der Waals surface area contributed by atoms with Gasteiger partial charge in [0, 0.05) is 19.1 Å². The number of nitrogens with zero attached hydrogens (tertiary/aromatic N) is 3. The monoisotopic (exact) mass is 493 g/mol. The number of para-hydroxylation sites is 3. The van der Waals surface area contributed by atoms with Crippen LogP contribution < -0.4 is 16.0 Å². The van der Waals surface area contributed by atoms with E-state index in [1.807, 2.05) is 36.1 Å². The number of halogens is 1. The van der Waals surface area contributed by atoms with Crippen molar-refractivity contribution in [1.29, 1.82) is 0 Å². The number of hydrogen-bond donors (Lipinski definition) is 4. The molecular weight excluding hydrogens is 461 g/mol. The number of H-pyrrole nitrogens is 1. The van der Waals surface area contributed by atoms with Gasteiger partial charge in [-0.05, 0) is 56.9 Å². The number of aromatic nitrogens is 3. The second kappa shape index (κ2) is 10.5. The van der Waals surface area contributed by atoms with E-state index in [0.29, 0.717) is 35.0 Å². The van der Waals surface area contributed by atoms with Crippen molar-refractivity contribution in [2.75, 3.05) is 18.4 Å². The maximum Gasteiger partial charge on any atom is 0.319 e. The molecule has 4 aromatic rings. The van der Waals surface area contributed by atoms with E-state index < -0.39 is 6.17 Å². The molecular formula is C26H32FN7O2. The summed E-state index contributed by atoms with van der Waals surface area (Å²) in [6.45, 7) is 5.15. The molecule has 36 heavy (non-hydrogen) atoms. The van der Waals surface area contributed by atoms with E-state index in [4.69, 9.17) is 4.42 Å². The first-order valence-corrected chi connectivity index (χ1v) is 12.6. The second-order valence-corrected chi connectivity index (χ2v) is 9.27. The number of aromatic amines is 1. The lowest BCUT2D eigenvalue weighted by Gasteiger charge is -2.36. The van der Waals surface area contributed by atoms with Crippen molar-refractivity contribution < 1.29 is 13.6 Å². The zero-order valence-electron chi connectivity index (χ0n) is 20.6. The number of amides is 2. The van der Waals surface area contributed by atoms with Gasteiger partial charge in [0.25, 0.3) is 6.01 Å². The van der Waals surface area contributed by atoms with Crippen molar-refractivity contribution in [3.63, 3.8) is 0 Å². The average Bonchev–Trinajstić information content (AvgIpc) is 3.51. The van der Waals surface area contributed by atoms with Crippen molar-refractivity contribution in [3.8, 4) is 0 Å². The third kappa shape index (κ3) is 5.13. The summed E-state index contributed by atoms with van der Waals surface area (Å²) in [5.74, 6) is 0.251. The number of piperidine rings is 1. The maximum absolute atomic E-state index is 14.1. The van der Waals surface area contributed by atoms with Gasteiger partial charge in [0.1, 0.15) is 23.0 Å². The van der Waals surface area contributed by atoms with Gasteiger partial charge in [-0.25, -0.2) is 14.2 Å². The predicted octanol–water partition coefficient (Wildman–Crippen LogP) is 4.91. The fourth-order valence-corrected chi connectivity index (χ4v) is 4.76. The highest BCUT2D eigenvalue weighted by atomic mass is 19.1. The van der Waals surface area contributed by atoms with E-state index in [1.165, 1.54) is 6.07 Å². The second-order valence-electron chi connectivity index (χ2n) is 9.27. The van der Waals surface area contributed by atoms with Crippen molar-refractivity contribution in [1.82, 2.24) is 30.5 Å². The van der Waals surface area contributed by atoms with Crippen LogP contribution in [0.4, 0.5) is 15.2 Å². The Morgan fingerprint density at radius 1 is 1.22 bits per heavy atom. The van der Waals surface area contributed by atoms with E-state index in [0.717, 1.165) is 37.7 Å². The summed E-state index contributed by atoms with van der Waals surface area (Å²) < 4.78 is 19.9. The third-order valence-corrected chi connectivity index (χ3v) is 6.77. The molecule has 2 aromatic carbocycles. The third-order valence-electron chi connectivity index (χ3n) is 6.77. The molecule has 3 heterocycles. The minimum Gasteiger partial charge on any atom is -0.424 e. The maximum atomic E-state index is 14.1. The smallest absolute Gasteiger partial charge is 0.319 e. The quantitative estimate of drug-likeness (QED) is 0.260. The van der Waals surface area contributed by atoms with Gasteiger partial charge in [0.2, 0.25) is 0 Å². The topological polar surface area (TPSA) is 111 Å². The van der Waals surface area contributed by atoms with Crippen molar-refractivity contribution in [2.24, 2.45) is 0 Å². The van der Waals surface area contributed by atoms with Crippen molar-refractivity contribution in [3.05, 3.63) is 54.1 Å². The van der Waals surface area contributed by atoms with Crippen LogP contribution in [0.15, 0.2) is 46.9 Å². The lowest BCUT2D eigenvalue weighted by molar-refractivity contribution is 0.146. The summed E-state index contributed by atoms with van der Waals surface area (Å²) in [6, 6.07) is 12.6. The lowest BCUT2D eigenvalue weighted by Crippen LogP contribution is -2.55. The number of carbonyl (C=O) groups excluding carboxylic acids is 1. The number of carbonyl (C=O) groups is 1. The molecule has 1 fully saturated rings. The number of nitrogens with one attached hydrogen (secondary N) is 4. The number of benzene rings is 2. The first kappa shape index (κ1) is 24.1. The van der Waals surface area contributed by atoms with Crippen LogP contribution >= 0.6 is 0 Å². The number of urea groups is 1. The van der Waals surface area contributed by atoms with Gasteiger partial charge in [0.05, 0.1) is 11.6 Å². The Morgan fingerprint density at radius 2 is 2.08 bits per heavy atom. The van der Waals surface area contributed by atoms with Crippen LogP contribution in [0.3, 0.4) is 0 Å². The first-order chi connectivity index (χ1) is 17.5. The highest BCUT2D eigenvalue weighted by Gasteiger charge is 2.27. The molecule has 4 N–H and O–H groups in total. The normalized spacial score (nSPS) is 17.9. The average molecular weight is 494 g/mol. The molecule has 9 nitrogen and oxygen atoms in total. The van der Waals surface area contributed by atoms with Gasteiger partial charge in [-0.2, -0.15) is 4.98 Å². The van der Waals surface area contributed by atoms with Crippen LogP contribution in [0.5, 0.6) is 0 Å². The SMILES string of the molecule is CC[C@H]1CCCCN1C(=O)N[C@@H](CN[C@@H](C)c1nc2c(F)cccc2[nH]1)Nc1nc2ccccc2o1. The van der Waals surface area contributed by atoms with Gasteiger partial charge in [0.15, 0.2) is 11.4 Å². The molecule has 0 bridgehead atoms. The molecule has 0 aliphatic carbocycles. The van der Waals surface area contributed by atoms with Gasteiger partial charge in [-0.3, -0.25) is 0 Å². The highest BCUT2D eigenvalue weighted by Crippen LogP contribution is 2.22. The Bertz CT molecular complexity index is 1300. The lowest BCUT2D eigenvalue weighted by atomic mass is 10.0. The molecule has 190 valence electrons. The highest BCUT2D eigenvalue weighted by molar-refractivity contribution is 5.77. The van der Waals surface area contributed by atoms with Crippen LogP contribution in [0, 0.1) is 5.82 Å². The van der Waals surface area contributed by atoms with Crippen molar-refractivity contribution >= 4 is 34.2 Å². The van der Waals surface area contributed by atoms with Gasteiger partial charge < -0.3 is 30.3 Å². The molecule has 0 saturated carbocycles. The van der Waals surface area contributed by atoms with Crippen LogP contribution in [0.25, 0.3) is 22.1 Å². The predicted molar refractivity (Wildman–Crippen MR) is 137 cm³/mol. The van der Waals surface area contributed by atoms with Gasteiger partial charge in [-0.15, -0.1) is 0 Å². The molecule has 1 saturated heterocycles. The summed E-state index contributed by atoms with van der Waals surface area (Å²) in [5, 5.41) is 9.72. The number of anilines is 1. The fourth-order valence-electron chi connectivity index (χ4n) is 4.76. The standard InChI is InChI=1S/C26H32FN7O2/c1-3-17-9-6-7-14-34(17)26(35)32-22(31-25-30-19-11-4-5-13-21(19)36-25)15-28-16(2)24-29-20-12-8-10-18(27)23(20)33-24/h4-5,8,10-13,16-17,22,28H,3,6-7,9,14-15H2,1-2H3,(H,29,33)(H,30,31)(H,32,35)/t16-,17-,22-/m0/s1.